The van der Waals surface area contributed by atoms with Crippen LogP contribution in [-0.2, 0) is 9.59 Å². The third-order valence-electron chi connectivity index (χ3n) is 2.82. The van der Waals surface area contributed by atoms with Crippen molar-refractivity contribution in [2.75, 3.05) is 0 Å². The predicted octanol–water partition coefficient (Wildman–Crippen LogP) is -0.116. The Kier molecular flexibility index (Phi) is 5.28. The molecule has 0 radical (unpaired) electrons. The molecule has 2 amide bonds. The van der Waals surface area contributed by atoms with Crippen molar-refractivity contribution in [3.05, 3.63) is 0 Å². The predicted molar refractivity (Wildman–Crippen MR) is 58.9 cm³/mol. The first-order valence-corrected chi connectivity index (χ1v) is 5.31. The summed E-state index contributed by atoms with van der Waals surface area (Å²) in [5.74, 6) is -0.829. The Hall–Kier alpha value is -1.10. The average molecular weight is 215 g/mol. The first-order valence-electron chi connectivity index (χ1n) is 5.31. The highest BCUT2D eigenvalue weighted by Crippen LogP contribution is 2.14. The van der Waals surface area contributed by atoms with Crippen LogP contribution < -0.4 is 16.8 Å². The summed E-state index contributed by atoms with van der Waals surface area (Å²) in [6.45, 7) is 5.44. The molecule has 0 bridgehead atoms. The second-order valence-electron chi connectivity index (χ2n) is 3.66. The number of primary amides is 1. The first-order chi connectivity index (χ1) is 6.93. The number of rotatable bonds is 6. The number of amides is 2. The molecule has 5 heteroatoms. The molecule has 5 N–H and O–H groups in total. The number of hydrogen-bond acceptors (Lipinski definition) is 3. The Balaban J connectivity index is 4.69. The van der Waals surface area contributed by atoms with E-state index in [9.17, 15) is 9.59 Å². The maximum absolute atomic E-state index is 11.6. The van der Waals surface area contributed by atoms with Gasteiger partial charge < -0.3 is 16.8 Å². The standard InChI is InChI=1S/C10H21N3O2/c1-4-7(11)8(14)13-10(5-2,6-3)9(12)15/h7H,4-6,11H2,1-3H3,(H2,12,15)(H,13,14)/t7-/m0/s1. The molecule has 0 aliphatic carbocycles. The molecule has 0 rings (SSSR count). The van der Waals surface area contributed by atoms with E-state index in [4.69, 9.17) is 11.5 Å². The van der Waals surface area contributed by atoms with Gasteiger partial charge in [0.2, 0.25) is 11.8 Å². The largest absolute Gasteiger partial charge is 0.368 e. The number of nitrogens with one attached hydrogen (secondary N) is 1. The monoisotopic (exact) mass is 215 g/mol. The summed E-state index contributed by atoms with van der Waals surface area (Å²) in [5, 5.41) is 2.64. The van der Waals surface area contributed by atoms with Crippen molar-refractivity contribution in [1.82, 2.24) is 5.32 Å². The molecule has 88 valence electrons. The van der Waals surface area contributed by atoms with Gasteiger partial charge in [-0.15, -0.1) is 0 Å². The van der Waals surface area contributed by atoms with Crippen LogP contribution in [0.15, 0.2) is 0 Å². The van der Waals surface area contributed by atoms with E-state index in [1.165, 1.54) is 0 Å². The van der Waals surface area contributed by atoms with E-state index in [1.807, 2.05) is 20.8 Å². The topological polar surface area (TPSA) is 98.2 Å². The zero-order valence-electron chi connectivity index (χ0n) is 9.67. The number of carbonyl (C=O) groups is 2. The van der Waals surface area contributed by atoms with Crippen LogP contribution in [0.1, 0.15) is 40.0 Å². The maximum atomic E-state index is 11.6. The van der Waals surface area contributed by atoms with Crippen LogP contribution in [0, 0.1) is 0 Å². The van der Waals surface area contributed by atoms with Gasteiger partial charge in [0.15, 0.2) is 0 Å². The van der Waals surface area contributed by atoms with Gasteiger partial charge in [-0.3, -0.25) is 9.59 Å². The summed E-state index contributed by atoms with van der Waals surface area (Å²) in [4.78, 5) is 22.9. The zero-order chi connectivity index (χ0) is 12.1. The Morgan fingerprint density at radius 1 is 1.27 bits per heavy atom. The molecule has 1 atom stereocenters. The van der Waals surface area contributed by atoms with Crippen molar-refractivity contribution in [2.45, 2.75) is 51.6 Å². The molecule has 0 spiro atoms. The van der Waals surface area contributed by atoms with Crippen molar-refractivity contribution in [3.8, 4) is 0 Å². The Morgan fingerprint density at radius 3 is 2.00 bits per heavy atom. The minimum atomic E-state index is -0.954. The van der Waals surface area contributed by atoms with Crippen LogP contribution >= 0.6 is 0 Å². The van der Waals surface area contributed by atoms with Gasteiger partial charge in [0, 0.05) is 0 Å². The lowest BCUT2D eigenvalue weighted by molar-refractivity contribution is -0.132. The molecule has 15 heavy (non-hydrogen) atoms. The fourth-order valence-electron chi connectivity index (χ4n) is 1.35. The zero-order valence-corrected chi connectivity index (χ0v) is 9.67. The van der Waals surface area contributed by atoms with E-state index in [0.29, 0.717) is 19.3 Å². The van der Waals surface area contributed by atoms with Crippen LogP contribution in [0.25, 0.3) is 0 Å². The Bertz CT molecular complexity index is 237. The lowest BCUT2D eigenvalue weighted by Gasteiger charge is -2.30. The van der Waals surface area contributed by atoms with Gasteiger partial charge in [-0.1, -0.05) is 20.8 Å². The van der Waals surface area contributed by atoms with E-state index < -0.39 is 17.5 Å². The minimum absolute atomic E-state index is 0.319. The smallest absolute Gasteiger partial charge is 0.243 e. The van der Waals surface area contributed by atoms with E-state index >= 15 is 0 Å². The summed E-state index contributed by atoms with van der Waals surface area (Å²) < 4.78 is 0. The molecule has 0 aromatic heterocycles. The summed E-state index contributed by atoms with van der Waals surface area (Å²) >= 11 is 0. The van der Waals surface area contributed by atoms with Gasteiger partial charge in [-0.2, -0.15) is 0 Å². The first kappa shape index (κ1) is 13.9. The summed E-state index contributed by atoms with van der Waals surface area (Å²) in [7, 11) is 0. The van der Waals surface area contributed by atoms with Gasteiger partial charge in [0.25, 0.3) is 0 Å². The molecule has 0 aromatic rings. The second kappa shape index (κ2) is 5.70. The van der Waals surface area contributed by atoms with Crippen molar-refractivity contribution in [3.63, 3.8) is 0 Å². The van der Waals surface area contributed by atoms with Crippen LogP contribution in [0.4, 0.5) is 0 Å². The van der Waals surface area contributed by atoms with E-state index in [0.717, 1.165) is 0 Å². The number of hydrogen-bond donors (Lipinski definition) is 3. The third kappa shape index (κ3) is 3.20. The van der Waals surface area contributed by atoms with E-state index in [2.05, 4.69) is 5.32 Å². The molecule has 0 saturated carbocycles. The normalized spacial score (nSPS) is 13.3. The van der Waals surface area contributed by atoms with Crippen molar-refractivity contribution in [1.29, 1.82) is 0 Å². The van der Waals surface area contributed by atoms with Gasteiger partial charge in [0.1, 0.15) is 5.54 Å². The Labute approximate surface area is 90.6 Å². The molecule has 0 aliphatic heterocycles. The summed E-state index contributed by atoms with van der Waals surface area (Å²) in [6.07, 6.45) is 1.48. The molecule has 0 heterocycles. The highest BCUT2D eigenvalue weighted by molar-refractivity contribution is 5.92. The molecular formula is C10H21N3O2. The highest BCUT2D eigenvalue weighted by Gasteiger charge is 2.35. The van der Waals surface area contributed by atoms with Crippen LogP contribution in [-0.4, -0.2) is 23.4 Å². The third-order valence-corrected chi connectivity index (χ3v) is 2.82. The lowest BCUT2D eigenvalue weighted by atomic mass is 9.91. The maximum Gasteiger partial charge on any atom is 0.243 e. The van der Waals surface area contributed by atoms with Gasteiger partial charge in [0.05, 0.1) is 6.04 Å². The van der Waals surface area contributed by atoms with Crippen molar-refractivity contribution < 1.29 is 9.59 Å². The van der Waals surface area contributed by atoms with Crippen LogP contribution in [0.3, 0.4) is 0 Å². The summed E-state index contributed by atoms with van der Waals surface area (Å²) in [6, 6.07) is -0.582. The van der Waals surface area contributed by atoms with Gasteiger partial charge in [-0.25, -0.2) is 0 Å². The summed E-state index contributed by atoms with van der Waals surface area (Å²) in [5.41, 5.74) is 9.90. The quantitative estimate of drug-likeness (QED) is 0.576. The highest BCUT2D eigenvalue weighted by atomic mass is 16.2. The molecule has 5 nitrogen and oxygen atoms in total. The van der Waals surface area contributed by atoms with Crippen molar-refractivity contribution >= 4 is 11.8 Å². The molecule has 0 aromatic carbocycles. The number of carbonyl (C=O) groups excluding carboxylic acids is 2. The van der Waals surface area contributed by atoms with Gasteiger partial charge >= 0.3 is 0 Å². The molecule has 0 saturated heterocycles. The fourth-order valence-corrected chi connectivity index (χ4v) is 1.35. The molecule has 0 fully saturated rings. The van der Waals surface area contributed by atoms with Gasteiger partial charge in [-0.05, 0) is 19.3 Å². The van der Waals surface area contributed by atoms with E-state index in [-0.39, 0.29) is 5.91 Å². The SMILES string of the molecule is CC[C@H](N)C(=O)NC(CC)(CC)C(N)=O. The number of nitrogens with two attached hydrogens (primary N) is 2. The van der Waals surface area contributed by atoms with Crippen molar-refractivity contribution in [2.24, 2.45) is 11.5 Å². The molecular weight excluding hydrogens is 194 g/mol. The fraction of sp³-hybridized carbons (Fsp3) is 0.800. The average Bonchev–Trinajstić information content (AvgIpc) is 2.24. The lowest BCUT2D eigenvalue weighted by Crippen LogP contribution is -2.59. The minimum Gasteiger partial charge on any atom is -0.368 e. The van der Waals surface area contributed by atoms with Crippen LogP contribution in [0.2, 0.25) is 0 Å². The Morgan fingerprint density at radius 2 is 1.73 bits per heavy atom. The van der Waals surface area contributed by atoms with Crippen LogP contribution in [0.5, 0.6) is 0 Å². The molecule has 0 aliphatic rings. The van der Waals surface area contributed by atoms with E-state index in [1.54, 1.807) is 0 Å². The molecule has 0 unspecified atom stereocenters. The second-order valence-corrected chi connectivity index (χ2v) is 3.66.